The first-order valence-electron chi connectivity index (χ1n) is 6.03. The summed E-state index contributed by atoms with van der Waals surface area (Å²) in [6, 6.07) is 0. The van der Waals surface area contributed by atoms with Crippen LogP contribution in [0, 0.1) is 17.0 Å². The average Bonchev–Trinajstić information content (AvgIpc) is 2.33. The minimum Gasteiger partial charge on any atom is -0.303 e. The van der Waals surface area contributed by atoms with Crippen LogP contribution >= 0.6 is 23.4 Å². The minimum atomic E-state index is -0.453. The molecule has 0 unspecified atom stereocenters. The number of hydrogen-bond donors (Lipinski definition) is 0. The zero-order valence-corrected chi connectivity index (χ0v) is 12.8. The highest BCUT2D eigenvalue weighted by Crippen LogP contribution is 2.30. The number of aryl methyl sites for hydroxylation is 1. The topological polar surface area (TPSA) is 72.2 Å². The van der Waals surface area contributed by atoms with Crippen LogP contribution in [0.4, 0.5) is 5.69 Å². The molecule has 0 aliphatic rings. The van der Waals surface area contributed by atoms with Crippen LogP contribution in [0.3, 0.4) is 0 Å². The van der Waals surface area contributed by atoms with Crippen LogP contribution in [-0.2, 0) is 0 Å². The predicted octanol–water partition coefficient (Wildman–Crippen LogP) is 2.78. The number of nitro groups is 1. The van der Waals surface area contributed by atoms with Gasteiger partial charge in [-0.25, -0.2) is 9.97 Å². The van der Waals surface area contributed by atoms with Crippen molar-refractivity contribution >= 4 is 29.1 Å². The second kappa shape index (κ2) is 7.62. The highest BCUT2D eigenvalue weighted by atomic mass is 35.5. The summed E-state index contributed by atoms with van der Waals surface area (Å²) >= 11 is 7.10. The van der Waals surface area contributed by atoms with E-state index in [0.717, 1.165) is 25.4 Å². The monoisotopic (exact) mass is 304 g/mol. The molecule has 0 saturated heterocycles. The summed E-state index contributed by atoms with van der Waals surface area (Å²) in [5, 5.41) is 11.4. The highest BCUT2D eigenvalue weighted by Gasteiger charge is 2.21. The van der Waals surface area contributed by atoms with Crippen LogP contribution in [0.15, 0.2) is 5.03 Å². The third-order valence-corrected chi connectivity index (χ3v) is 3.84. The third-order valence-electron chi connectivity index (χ3n) is 2.72. The minimum absolute atomic E-state index is 0.0473. The molecule has 19 heavy (non-hydrogen) atoms. The lowest BCUT2D eigenvalue weighted by Gasteiger charge is -2.17. The molecule has 0 atom stereocenters. The van der Waals surface area contributed by atoms with Crippen molar-refractivity contribution in [3.63, 3.8) is 0 Å². The van der Waals surface area contributed by atoms with Gasteiger partial charge in [-0.05, 0) is 31.6 Å². The fourth-order valence-electron chi connectivity index (χ4n) is 1.63. The third kappa shape index (κ3) is 4.59. The van der Waals surface area contributed by atoms with Crippen molar-refractivity contribution in [3.8, 4) is 0 Å². The molecular weight excluding hydrogens is 288 g/mol. The molecule has 0 bridgehead atoms. The molecule has 1 aromatic heterocycles. The zero-order chi connectivity index (χ0) is 14.4. The van der Waals surface area contributed by atoms with E-state index in [0.29, 0.717) is 10.7 Å². The van der Waals surface area contributed by atoms with Crippen LogP contribution in [0.25, 0.3) is 0 Å². The Morgan fingerprint density at radius 3 is 2.53 bits per heavy atom. The first kappa shape index (κ1) is 16.1. The van der Waals surface area contributed by atoms with Crippen molar-refractivity contribution in [2.24, 2.45) is 0 Å². The largest absolute Gasteiger partial charge is 0.322 e. The molecular formula is C11H17ClN4O2S. The number of nitrogens with zero attached hydrogens (tertiary/aromatic N) is 4. The van der Waals surface area contributed by atoms with Gasteiger partial charge in [0.2, 0.25) is 5.28 Å². The Balaban J connectivity index is 2.80. The Morgan fingerprint density at radius 1 is 1.37 bits per heavy atom. The van der Waals surface area contributed by atoms with Crippen molar-refractivity contribution in [1.82, 2.24) is 14.9 Å². The van der Waals surface area contributed by atoms with Gasteiger partial charge in [-0.1, -0.05) is 25.6 Å². The Hall–Kier alpha value is -0.920. The van der Waals surface area contributed by atoms with E-state index in [9.17, 15) is 10.1 Å². The molecule has 0 aliphatic carbocycles. The van der Waals surface area contributed by atoms with Gasteiger partial charge in [0.05, 0.1) is 4.92 Å². The van der Waals surface area contributed by atoms with E-state index >= 15 is 0 Å². The molecule has 0 radical (unpaired) electrons. The van der Waals surface area contributed by atoms with Crippen LogP contribution in [0.5, 0.6) is 0 Å². The lowest BCUT2D eigenvalue weighted by Crippen LogP contribution is -2.25. The van der Waals surface area contributed by atoms with E-state index in [1.807, 2.05) is 0 Å². The molecule has 0 N–H and O–H groups in total. The molecule has 0 saturated carbocycles. The Bertz CT molecular complexity index is 455. The highest BCUT2D eigenvalue weighted by molar-refractivity contribution is 7.99. The number of thioether (sulfide) groups is 1. The van der Waals surface area contributed by atoms with Gasteiger partial charge in [0.25, 0.3) is 0 Å². The predicted molar refractivity (Wildman–Crippen MR) is 76.9 cm³/mol. The normalized spacial score (nSPS) is 11.0. The molecule has 1 aromatic rings. The second-order valence-electron chi connectivity index (χ2n) is 3.86. The number of halogens is 1. The fraction of sp³-hybridized carbons (Fsp3) is 0.636. The maximum atomic E-state index is 11.0. The van der Waals surface area contributed by atoms with Gasteiger partial charge >= 0.3 is 5.69 Å². The van der Waals surface area contributed by atoms with Crippen LogP contribution in [0.1, 0.15) is 19.5 Å². The van der Waals surface area contributed by atoms with Crippen LogP contribution in [-0.4, -0.2) is 45.2 Å². The Morgan fingerprint density at radius 2 is 2.00 bits per heavy atom. The van der Waals surface area contributed by atoms with E-state index in [1.165, 1.54) is 11.8 Å². The summed E-state index contributed by atoms with van der Waals surface area (Å²) in [7, 11) is 0. The van der Waals surface area contributed by atoms with Gasteiger partial charge in [0.15, 0.2) is 5.03 Å². The molecule has 0 aliphatic heterocycles. The Labute approximate surface area is 121 Å². The first-order valence-corrected chi connectivity index (χ1v) is 7.39. The molecule has 0 amide bonds. The van der Waals surface area contributed by atoms with E-state index in [2.05, 4.69) is 28.7 Å². The van der Waals surface area contributed by atoms with Crippen LogP contribution < -0.4 is 0 Å². The van der Waals surface area contributed by atoms with Gasteiger partial charge in [-0.3, -0.25) is 10.1 Å². The quantitative estimate of drug-likeness (QED) is 0.253. The summed E-state index contributed by atoms with van der Waals surface area (Å²) in [6.07, 6.45) is 0. The molecule has 0 spiro atoms. The van der Waals surface area contributed by atoms with Gasteiger partial charge in [-0.2, -0.15) is 0 Å². The summed E-state index contributed by atoms with van der Waals surface area (Å²) < 4.78 is 0. The van der Waals surface area contributed by atoms with Crippen molar-refractivity contribution in [1.29, 1.82) is 0 Å². The molecule has 1 heterocycles. The van der Waals surface area contributed by atoms with Crippen LogP contribution in [0.2, 0.25) is 5.28 Å². The fourth-order valence-corrected chi connectivity index (χ4v) is 2.94. The summed E-state index contributed by atoms with van der Waals surface area (Å²) in [4.78, 5) is 20.6. The lowest BCUT2D eigenvalue weighted by molar-refractivity contribution is -0.389. The SMILES string of the molecule is CCN(CC)CCSc1nc(Cl)nc(C)c1[N+](=O)[O-]. The summed E-state index contributed by atoms with van der Waals surface area (Å²) in [5.41, 5.74) is 0.254. The van der Waals surface area contributed by atoms with E-state index < -0.39 is 4.92 Å². The number of aromatic nitrogens is 2. The van der Waals surface area contributed by atoms with Crippen molar-refractivity contribution in [2.45, 2.75) is 25.8 Å². The lowest BCUT2D eigenvalue weighted by atomic mass is 10.4. The van der Waals surface area contributed by atoms with Crippen molar-refractivity contribution < 1.29 is 4.92 Å². The van der Waals surface area contributed by atoms with Gasteiger partial charge < -0.3 is 4.90 Å². The molecule has 1 rings (SSSR count). The standard InChI is InChI=1S/C11H17ClN4O2S/c1-4-15(5-2)6-7-19-10-9(16(17)18)8(3)13-11(12)14-10/h4-7H2,1-3H3. The average molecular weight is 305 g/mol. The number of rotatable bonds is 7. The smallest absolute Gasteiger partial charge is 0.303 e. The summed E-state index contributed by atoms with van der Waals surface area (Å²) in [6.45, 7) is 8.52. The van der Waals surface area contributed by atoms with Gasteiger partial charge in [-0.15, -0.1) is 0 Å². The Kier molecular flexibility index (Phi) is 6.47. The maximum Gasteiger partial charge on any atom is 0.322 e. The molecule has 6 nitrogen and oxygen atoms in total. The van der Waals surface area contributed by atoms with E-state index in [1.54, 1.807) is 6.92 Å². The molecule has 0 aromatic carbocycles. The zero-order valence-electron chi connectivity index (χ0n) is 11.2. The second-order valence-corrected chi connectivity index (χ2v) is 5.29. The molecule has 8 heteroatoms. The maximum absolute atomic E-state index is 11.0. The number of hydrogen-bond acceptors (Lipinski definition) is 6. The van der Waals surface area contributed by atoms with Crippen molar-refractivity contribution in [2.75, 3.05) is 25.4 Å². The first-order chi connectivity index (χ1) is 8.99. The molecule has 0 fully saturated rings. The molecule has 106 valence electrons. The van der Waals surface area contributed by atoms with Gasteiger partial charge in [0, 0.05) is 12.3 Å². The summed E-state index contributed by atoms with van der Waals surface area (Å²) in [5.74, 6) is 0.731. The van der Waals surface area contributed by atoms with Crippen molar-refractivity contribution in [3.05, 3.63) is 21.1 Å². The van der Waals surface area contributed by atoms with E-state index in [-0.39, 0.29) is 11.0 Å². The van der Waals surface area contributed by atoms with E-state index in [4.69, 9.17) is 11.6 Å². The van der Waals surface area contributed by atoms with Gasteiger partial charge in [0.1, 0.15) is 5.69 Å².